The fourth-order valence-electron chi connectivity index (χ4n) is 1.16. The Balaban J connectivity index is 2.52. The highest BCUT2D eigenvalue weighted by Crippen LogP contribution is 2.24. The summed E-state index contributed by atoms with van der Waals surface area (Å²) >= 11 is 5.90. The van der Waals surface area contributed by atoms with Crippen molar-refractivity contribution in [3.8, 4) is 0 Å². The van der Waals surface area contributed by atoms with Crippen LogP contribution in [0.1, 0.15) is 13.3 Å². The molecule has 0 saturated carbocycles. The largest absolute Gasteiger partial charge is 0.399 e. The third kappa shape index (κ3) is 4.08. The summed E-state index contributed by atoms with van der Waals surface area (Å²) in [5.41, 5.74) is 6.68. The lowest BCUT2D eigenvalue weighted by Gasteiger charge is -2.07. The Labute approximate surface area is 99.7 Å². The molecule has 0 saturated heterocycles. The third-order valence-electron chi connectivity index (χ3n) is 1.94. The molecule has 1 aromatic carbocycles. The van der Waals surface area contributed by atoms with Crippen molar-refractivity contribution in [3.63, 3.8) is 0 Å². The Kier molecular flexibility index (Phi) is 5.08. The minimum atomic E-state index is -0.138. The summed E-state index contributed by atoms with van der Waals surface area (Å²) < 4.78 is 5.08. The lowest BCUT2D eigenvalue weighted by molar-refractivity contribution is -0.117. The molecule has 1 rings (SSSR count). The molecule has 1 aromatic rings. The van der Waals surface area contributed by atoms with Gasteiger partial charge in [-0.3, -0.25) is 4.79 Å². The summed E-state index contributed by atoms with van der Waals surface area (Å²) in [5.74, 6) is -0.138. The van der Waals surface area contributed by atoms with Gasteiger partial charge in [0.15, 0.2) is 0 Å². The average Bonchev–Trinajstić information content (AvgIpc) is 2.24. The SMILES string of the molecule is CCOCCC(=O)Nc1cc(N)ccc1Cl. The van der Waals surface area contributed by atoms with Crippen LogP contribution in [0, 0.1) is 0 Å². The number of hydrogen-bond acceptors (Lipinski definition) is 3. The highest BCUT2D eigenvalue weighted by atomic mass is 35.5. The van der Waals surface area contributed by atoms with Crippen molar-refractivity contribution in [2.24, 2.45) is 0 Å². The van der Waals surface area contributed by atoms with Gasteiger partial charge in [0, 0.05) is 12.3 Å². The van der Waals surface area contributed by atoms with Crippen LogP contribution in [0.15, 0.2) is 18.2 Å². The Morgan fingerprint density at radius 2 is 2.31 bits per heavy atom. The van der Waals surface area contributed by atoms with Crippen molar-refractivity contribution in [1.29, 1.82) is 0 Å². The second-order valence-corrected chi connectivity index (χ2v) is 3.64. The van der Waals surface area contributed by atoms with E-state index >= 15 is 0 Å². The van der Waals surface area contributed by atoms with Gasteiger partial charge < -0.3 is 15.8 Å². The summed E-state index contributed by atoms with van der Waals surface area (Å²) in [5, 5.41) is 3.15. The van der Waals surface area contributed by atoms with Crippen molar-refractivity contribution in [1.82, 2.24) is 0 Å². The lowest BCUT2D eigenvalue weighted by atomic mass is 10.2. The van der Waals surface area contributed by atoms with Crippen LogP contribution in [0.2, 0.25) is 5.02 Å². The molecule has 0 unspecified atom stereocenters. The van der Waals surface area contributed by atoms with Gasteiger partial charge in [-0.25, -0.2) is 0 Å². The molecular weight excluding hydrogens is 228 g/mol. The molecule has 1 amide bonds. The van der Waals surface area contributed by atoms with Crippen molar-refractivity contribution in [2.75, 3.05) is 24.3 Å². The number of nitrogens with two attached hydrogens (primary N) is 1. The summed E-state index contributed by atoms with van der Waals surface area (Å²) in [7, 11) is 0. The first-order chi connectivity index (χ1) is 7.63. The molecule has 0 radical (unpaired) electrons. The maximum atomic E-state index is 11.5. The topological polar surface area (TPSA) is 64.3 Å². The van der Waals surface area contributed by atoms with Crippen LogP contribution in [0.3, 0.4) is 0 Å². The van der Waals surface area contributed by atoms with Gasteiger partial charge in [0.2, 0.25) is 5.91 Å². The minimum absolute atomic E-state index is 0.138. The molecule has 0 heterocycles. The predicted molar refractivity (Wildman–Crippen MR) is 65.6 cm³/mol. The fourth-order valence-corrected chi connectivity index (χ4v) is 1.33. The van der Waals surface area contributed by atoms with Gasteiger partial charge in [-0.1, -0.05) is 11.6 Å². The van der Waals surface area contributed by atoms with Gasteiger partial charge in [0.1, 0.15) is 0 Å². The monoisotopic (exact) mass is 242 g/mol. The molecule has 0 atom stereocenters. The second-order valence-electron chi connectivity index (χ2n) is 3.23. The zero-order chi connectivity index (χ0) is 12.0. The Morgan fingerprint density at radius 1 is 1.56 bits per heavy atom. The van der Waals surface area contributed by atoms with Crippen molar-refractivity contribution in [3.05, 3.63) is 23.2 Å². The van der Waals surface area contributed by atoms with E-state index in [1.165, 1.54) is 0 Å². The first kappa shape index (κ1) is 12.8. The van der Waals surface area contributed by atoms with E-state index in [0.29, 0.717) is 36.0 Å². The smallest absolute Gasteiger partial charge is 0.226 e. The molecule has 0 aliphatic carbocycles. The summed E-state index contributed by atoms with van der Waals surface area (Å²) in [6.07, 6.45) is 0.305. The molecular formula is C11H15ClN2O2. The van der Waals surface area contributed by atoms with E-state index in [1.807, 2.05) is 6.92 Å². The number of benzene rings is 1. The van der Waals surface area contributed by atoms with E-state index in [-0.39, 0.29) is 5.91 Å². The minimum Gasteiger partial charge on any atom is -0.399 e. The molecule has 3 N–H and O–H groups in total. The maximum Gasteiger partial charge on any atom is 0.226 e. The molecule has 0 bridgehead atoms. The standard InChI is InChI=1S/C11H15ClN2O2/c1-2-16-6-5-11(15)14-10-7-8(13)3-4-9(10)12/h3-4,7H,2,5-6,13H2,1H3,(H,14,15). The van der Waals surface area contributed by atoms with Crippen LogP contribution in [-0.4, -0.2) is 19.1 Å². The number of ether oxygens (including phenoxy) is 1. The van der Waals surface area contributed by atoms with E-state index in [1.54, 1.807) is 18.2 Å². The van der Waals surface area contributed by atoms with Crippen LogP contribution >= 0.6 is 11.6 Å². The van der Waals surface area contributed by atoms with Gasteiger partial charge in [-0.05, 0) is 25.1 Å². The first-order valence-electron chi connectivity index (χ1n) is 5.06. The number of anilines is 2. The van der Waals surface area contributed by atoms with Gasteiger partial charge in [0.05, 0.1) is 23.7 Å². The van der Waals surface area contributed by atoms with E-state index in [2.05, 4.69) is 5.32 Å². The second kappa shape index (κ2) is 6.35. The quantitative estimate of drug-likeness (QED) is 0.615. The molecule has 0 aromatic heterocycles. The maximum absolute atomic E-state index is 11.5. The zero-order valence-corrected chi connectivity index (χ0v) is 9.88. The molecule has 5 heteroatoms. The first-order valence-corrected chi connectivity index (χ1v) is 5.44. The average molecular weight is 243 g/mol. The van der Waals surface area contributed by atoms with Crippen molar-refractivity contribution < 1.29 is 9.53 Å². The Morgan fingerprint density at radius 3 is 3.00 bits per heavy atom. The zero-order valence-electron chi connectivity index (χ0n) is 9.13. The number of hydrogen-bond donors (Lipinski definition) is 2. The van der Waals surface area contributed by atoms with Crippen molar-refractivity contribution in [2.45, 2.75) is 13.3 Å². The number of carbonyl (C=O) groups is 1. The summed E-state index contributed by atoms with van der Waals surface area (Å²) in [4.78, 5) is 11.5. The van der Waals surface area contributed by atoms with Crippen LogP contribution in [0.25, 0.3) is 0 Å². The van der Waals surface area contributed by atoms with E-state index in [4.69, 9.17) is 22.1 Å². The van der Waals surface area contributed by atoms with Gasteiger partial charge in [-0.2, -0.15) is 0 Å². The molecule has 4 nitrogen and oxygen atoms in total. The molecule has 88 valence electrons. The number of carbonyl (C=O) groups excluding carboxylic acids is 1. The normalized spacial score (nSPS) is 10.1. The van der Waals surface area contributed by atoms with Gasteiger partial charge in [0.25, 0.3) is 0 Å². The van der Waals surface area contributed by atoms with Crippen LogP contribution < -0.4 is 11.1 Å². The summed E-state index contributed by atoms with van der Waals surface area (Å²) in [6, 6.07) is 4.95. The van der Waals surface area contributed by atoms with Gasteiger partial charge in [-0.15, -0.1) is 0 Å². The highest BCUT2D eigenvalue weighted by molar-refractivity contribution is 6.33. The summed E-state index contributed by atoms with van der Waals surface area (Å²) in [6.45, 7) is 2.89. The molecule has 16 heavy (non-hydrogen) atoms. The third-order valence-corrected chi connectivity index (χ3v) is 2.27. The van der Waals surface area contributed by atoms with Gasteiger partial charge >= 0.3 is 0 Å². The molecule has 0 aliphatic heterocycles. The predicted octanol–water partition coefficient (Wildman–Crippen LogP) is 2.29. The van der Waals surface area contributed by atoms with Crippen molar-refractivity contribution >= 4 is 28.9 Å². The molecule has 0 aliphatic rings. The molecule has 0 spiro atoms. The number of amides is 1. The van der Waals surface area contributed by atoms with Crippen LogP contribution in [0.4, 0.5) is 11.4 Å². The van der Waals surface area contributed by atoms with E-state index < -0.39 is 0 Å². The number of halogens is 1. The number of rotatable bonds is 5. The Bertz CT molecular complexity index is 369. The number of nitrogens with one attached hydrogen (secondary N) is 1. The fraction of sp³-hybridized carbons (Fsp3) is 0.364. The van der Waals surface area contributed by atoms with E-state index in [9.17, 15) is 4.79 Å². The lowest BCUT2D eigenvalue weighted by Crippen LogP contribution is -2.14. The van der Waals surface area contributed by atoms with E-state index in [0.717, 1.165) is 0 Å². The van der Waals surface area contributed by atoms with Crippen LogP contribution in [-0.2, 0) is 9.53 Å². The number of nitrogen functional groups attached to an aromatic ring is 1. The molecule has 0 fully saturated rings. The Hall–Kier alpha value is -1.26. The highest BCUT2D eigenvalue weighted by Gasteiger charge is 2.05. The van der Waals surface area contributed by atoms with Crippen LogP contribution in [0.5, 0.6) is 0 Å².